The largest absolute Gasteiger partial charge is 0.294 e. The average Bonchev–Trinajstić information content (AvgIpc) is 3.11. The van der Waals surface area contributed by atoms with Crippen molar-refractivity contribution in [1.29, 1.82) is 0 Å². The number of aryl methyl sites for hydroxylation is 2. The van der Waals surface area contributed by atoms with Gasteiger partial charge in [0.25, 0.3) is 0 Å². The van der Waals surface area contributed by atoms with Crippen LogP contribution in [0.4, 0.5) is 0 Å². The van der Waals surface area contributed by atoms with E-state index in [9.17, 15) is 4.79 Å². The van der Waals surface area contributed by atoms with Gasteiger partial charge in [0.2, 0.25) is 0 Å². The lowest BCUT2D eigenvalue weighted by Crippen LogP contribution is -2.21. The van der Waals surface area contributed by atoms with E-state index in [1.165, 1.54) is 11.1 Å². The van der Waals surface area contributed by atoms with Gasteiger partial charge in [-0.05, 0) is 48.9 Å². The highest BCUT2D eigenvalue weighted by Crippen LogP contribution is 2.35. The van der Waals surface area contributed by atoms with Gasteiger partial charge in [0.1, 0.15) is 0 Å². The van der Waals surface area contributed by atoms with E-state index in [0.717, 1.165) is 41.0 Å². The molecule has 0 radical (unpaired) electrons. The molecule has 0 saturated heterocycles. The Kier molecular flexibility index (Phi) is 4.67. The van der Waals surface area contributed by atoms with E-state index in [0.29, 0.717) is 17.0 Å². The molecule has 2 heterocycles. The molecule has 1 aliphatic rings. The topological polar surface area (TPSA) is 47.3 Å². The summed E-state index contributed by atoms with van der Waals surface area (Å²) >= 11 is 6.09. The molecular weight excluding hydrogens is 394 g/mol. The first-order valence-corrected chi connectivity index (χ1v) is 10.7. The molecule has 30 heavy (non-hydrogen) atoms. The third-order valence-electron chi connectivity index (χ3n) is 5.95. The zero-order chi connectivity index (χ0) is 20.8. The minimum atomic E-state index is 0.137. The van der Waals surface area contributed by atoms with Crippen molar-refractivity contribution in [3.63, 3.8) is 0 Å². The van der Waals surface area contributed by atoms with Gasteiger partial charge >= 0.3 is 0 Å². The van der Waals surface area contributed by atoms with Gasteiger partial charge in [-0.15, -0.1) is 0 Å². The first-order valence-electron chi connectivity index (χ1n) is 10.3. The van der Waals surface area contributed by atoms with Crippen LogP contribution in [0.1, 0.15) is 52.1 Å². The van der Waals surface area contributed by atoms with Crippen LogP contribution in [-0.2, 0) is 12.8 Å². The highest BCUT2D eigenvalue weighted by molar-refractivity contribution is 6.30. The lowest BCUT2D eigenvalue weighted by Gasteiger charge is -2.23. The van der Waals surface area contributed by atoms with Gasteiger partial charge in [-0.3, -0.25) is 4.79 Å². The van der Waals surface area contributed by atoms with Gasteiger partial charge in [-0.1, -0.05) is 60.5 Å². The molecular formula is C25H22ClN3O. The fourth-order valence-corrected chi connectivity index (χ4v) is 4.44. The van der Waals surface area contributed by atoms with Crippen molar-refractivity contribution in [2.75, 3.05) is 0 Å². The first-order chi connectivity index (χ1) is 14.5. The normalized spacial score (nSPS) is 16.1. The van der Waals surface area contributed by atoms with Crippen molar-refractivity contribution in [3.05, 3.63) is 87.8 Å². The van der Waals surface area contributed by atoms with Crippen molar-refractivity contribution in [2.24, 2.45) is 0 Å². The van der Waals surface area contributed by atoms with E-state index >= 15 is 0 Å². The van der Waals surface area contributed by atoms with Crippen LogP contribution in [0.5, 0.6) is 0 Å². The Labute approximate surface area is 180 Å². The smallest absolute Gasteiger partial charge is 0.166 e. The third-order valence-corrected chi connectivity index (χ3v) is 6.20. The standard InChI is InChI=1S/C25H22ClN3O/c1-3-21-24(17-8-10-19(26)11-9-17)25-27-22-12-18(16-6-4-15(2)5-7-16)13-23(30)20(22)14-29(25)28-21/h4-11,14,18H,3,12-13H2,1-2H3. The fourth-order valence-electron chi connectivity index (χ4n) is 4.31. The van der Waals surface area contributed by atoms with Crippen LogP contribution < -0.4 is 0 Å². The third kappa shape index (κ3) is 3.21. The first kappa shape index (κ1) is 19.0. The second-order valence-corrected chi connectivity index (χ2v) is 8.43. The number of carbonyl (C=O) groups is 1. The molecule has 5 heteroatoms. The van der Waals surface area contributed by atoms with Gasteiger partial charge in [0, 0.05) is 23.2 Å². The Hall–Kier alpha value is -2.98. The number of halogens is 1. The molecule has 2 aromatic carbocycles. The van der Waals surface area contributed by atoms with Gasteiger partial charge in [0.05, 0.1) is 17.0 Å². The van der Waals surface area contributed by atoms with Crippen LogP contribution in [0.2, 0.25) is 5.02 Å². The number of rotatable bonds is 3. The van der Waals surface area contributed by atoms with E-state index in [-0.39, 0.29) is 11.7 Å². The van der Waals surface area contributed by atoms with E-state index in [4.69, 9.17) is 21.7 Å². The maximum absolute atomic E-state index is 13.0. The minimum Gasteiger partial charge on any atom is -0.294 e. The second kappa shape index (κ2) is 7.37. The number of hydrogen-bond acceptors (Lipinski definition) is 3. The van der Waals surface area contributed by atoms with Gasteiger partial charge in [0.15, 0.2) is 11.4 Å². The van der Waals surface area contributed by atoms with Crippen molar-refractivity contribution in [1.82, 2.24) is 14.6 Å². The van der Waals surface area contributed by atoms with Gasteiger partial charge < -0.3 is 0 Å². The number of benzene rings is 2. The van der Waals surface area contributed by atoms with Crippen molar-refractivity contribution >= 4 is 23.0 Å². The van der Waals surface area contributed by atoms with Crippen LogP contribution in [0, 0.1) is 6.92 Å². The van der Waals surface area contributed by atoms with Crippen LogP contribution in [-0.4, -0.2) is 20.4 Å². The molecule has 2 aromatic heterocycles. The molecule has 4 nitrogen and oxygen atoms in total. The van der Waals surface area contributed by atoms with Crippen LogP contribution in [0.25, 0.3) is 16.8 Å². The number of ketones is 1. The molecule has 0 saturated carbocycles. The SMILES string of the molecule is CCc1nn2cc3c(nc2c1-c1ccc(Cl)cc1)CC(c1ccc(C)cc1)CC3=O. The molecule has 5 rings (SSSR count). The summed E-state index contributed by atoms with van der Waals surface area (Å²) in [5.74, 6) is 0.297. The number of Topliss-reactive ketones (excluding diaryl/α,β-unsaturated/α-hetero) is 1. The maximum atomic E-state index is 13.0. The molecule has 0 aliphatic heterocycles. The summed E-state index contributed by atoms with van der Waals surface area (Å²) < 4.78 is 1.77. The Morgan fingerprint density at radius 2 is 1.80 bits per heavy atom. The summed E-state index contributed by atoms with van der Waals surface area (Å²) in [6.45, 7) is 4.16. The maximum Gasteiger partial charge on any atom is 0.166 e. The zero-order valence-corrected chi connectivity index (χ0v) is 17.8. The molecule has 0 amide bonds. The summed E-state index contributed by atoms with van der Waals surface area (Å²) in [6.07, 6.45) is 3.92. The molecule has 1 unspecified atom stereocenters. The van der Waals surface area contributed by atoms with Crippen molar-refractivity contribution < 1.29 is 4.79 Å². The fraction of sp³-hybridized carbons (Fsp3) is 0.240. The number of carbonyl (C=O) groups excluding carboxylic acids is 1. The summed E-state index contributed by atoms with van der Waals surface area (Å²) in [5, 5.41) is 5.43. The van der Waals surface area contributed by atoms with E-state index in [1.54, 1.807) is 4.52 Å². The molecule has 0 fully saturated rings. The minimum absolute atomic E-state index is 0.137. The monoisotopic (exact) mass is 415 g/mol. The van der Waals surface area contributed by atoms with Gasteiger partial charge in [-0.2, -0.15) is 5.10 Å². The quantitative estimate of drug-likeness (QED) is 0.422. The van der Waals surface area contributed by atoms with Crippen LogP contribution >= 0.6 is 11.6 Å². The summed E-state index contributed by atoms with van der Waals surface area (Å²) in [5.41, 5.74) is 7.79. The van der Waals surface area contributed by atoms with Crippen molar-refractivity contribution in [3.8, 4) is 11.1 Å². The predicted octanol–water partition coefficient (Wildman–Crippen LogP) is 5.83. The Morgan fingerprint density at radius 1 is 1.07 bits per heavy atom. The molecule has 150 valence electrons. The Morgan fingerprint density at radius 3 is 2.50 bits per heavy atom. The molecule has 1 atom stereocenters. The Balaban J connectivity index is 1.63. The summed E-state index contributed by atoms with van der Waals surface area (Å²) in [7, 11) is 0. The summed E-state index contributed by atoms with van der Waals surface area (Å²) in [4.78, 5) is 17.9. The highest BCUT2D eigenvalue weighted by Gasteiger charge is 2.29. The molecule has 0 N–H and O–H groups in total. The number of fused-ring (bicyclic) bond motifs is 2. The van der Waals surface area contributed by atoms with E-state index in [1.807, 2.05) is 30.5 Å². The zero-order valence-electron chi connectivity index (χ0n) is 17.0. The van der Waals surface area contributed by atoms with E-state index < -0.39 is 0 Å². The number of nitrogens with zero attached hydrogens (tertiary/aromatic N) is 3. The van der Waals surface area contributed by atoms with Crippen LogP contribution in [0.3, 0.4) is 0 Å². The molecule has 0 bridgehead atoms. The lowest BCUT2D eigenvalue weighted by molar-refractivity contribution is 0.0962. The molecule has 1 aliphatic carbocycles. The average molecular weight is 416 g/mol. The van der Waals surface area contributed by atoms with Crippen LogP contribution in [0.15, 0.2) is 54.7 Å². The number of aromatic nitrogens is 3. The Bertz CT molecular complexity index is 1260. The molecule has 4 aromatic rings. The van der Waals surface area contributed by atoms with Gasteiger partial charge in [-0.25, -0.2) is 9.50 Å². The lowest BCUT2D eigenvalue weighted by atomic mass is 9.82. The van der Waals surface area contributed by atoms with E-state index in [2.05, 4.69) is 38.1 Å². The molecule has 0 spiro atoms. The summed E-state index contributed by atoms with van der Waals surface area (Å²) in [6, 6.07) is 16.2. The predicted molar refractivity (Wildman–Crippen MR) is 119 cm³/mol. The second-order valence-electron chi connectivity index (χ2n) is 7.99. The van der Waals surface area contributed by atoms with Crippen molar-refractivity contribution in [2.45, 2.75) is 39.0 Å². The number of hydrogen-bond donors (Lipinski definition) is 0. The highest BCUT2D eigenvalue weighted by atomic mass is 35.5.